The van der Waals surface area contributed by atoms with Gasteiger partial charge in [-0.15, -0.1) is 0 Å². The third-order valence-electron chi connectivity index (χ3n) is 2.03. The zero-order valence-electron chi connectivity index (χ0n) is 9.30. The summed E-state index contributed by atoms with van der Waals surface area (Å²) in [4.78, 5) is 11.5. The zero-order valence-corrected chi connectivity index (χ0v) is 12.5. The molecule has 0 aliphatic rings. The first-order valence-corrected chi connectivity index (χ1v) is 6.85. The number of hydrogen-bond donors (Lipinski definition) is 0. The van der Waals surface area contributed by atoms with Crippen molar-refractivity contribution in [1.82, 2.24) is 0 Å². The lowest BCUT2D eigenvalue weighted by Crippen LogP contribution is -2.26. The van der Waals surface area contributed by atoms with Crippen molar-refractivity contribution in [3.05, 3.63) is 35.4 Å². The van der Waals surface area contributed by atoms with Crippen molar-refractivity contribution in [2.24, 2.45) is 0 Å². The molecule has 1 aromatic rings. The Balaban J connectivity index is 2.52. The Kier molecular flexibility index (Phi) is 4.99. The van der Waals surface area contributed by atoms with Gasteiger partial charge in [0.05, 0.1) is 0 Å². The third kappa shape index (κ3) is 4.26. The van der Waals surface area contributed by atoms with E-state index < -0.39 is 4.32 Å². The molecule has 0 amide bonds. The molecule has 0 atom stereocenters. The lowest BCUT2D eigenvalue weighted by atomic mass is 10.2. The monoisotopic (exact) mass is 348 g/mol. The molecule has 2 nitrogen and oxygen atoms in total. The molecule has 1 aromatic carbocycles. The number of benzene rings is 1. The zero-order chi connectivity index (χ0) is 12.2. The first-order chi connectivity index (χ1) is 7.43. The molecule has 0 saturated heterocycles. The van der Waals surface area contributed by atoms with E-state index >= 15 is 0 Å². The topological polar surface area (TPSA) is 26.3 Å². The van der Waals surface area contributed by atoms with E-state index in [2.05, 4.69) is 31.9 Å². The standard InChI is InChI=1S/C12H14Br2O2/c1-12(2,14)11(15)16-8-10-5-3-9(7-13)4-6-10/h3-6H,7-8H2,1-2H3. The van der Waals surface area contributed by atoms with Gasteiger partial charge in [-0.05, 0) is 25.0 Å². The minimum atomic E-state index is -0.622. The second kappa shape index (κ2) is 5.82. The number of carbonyl (C=O) groups is 1. The summed E-state index contributed by atoms with van der Waals surface area (Å²) in [7, 11) is 0. The fourth-order valence-electron chi connectivity index (χ4n) is 1.05. The van der Waals surface area contributed by atoms with E-state index in [9.17, 15) is 4.79 Å². The van der Waals surface area contributed by atoms with Gasteiger partial charge < -0.3 is 4.74 Å². The van der Waals surface area contributed by atoms with Crippen LogP contribution >= 0.6 is 31.9 Å². The van der Waals surface area contributed by atoms with Gasteiger partial charge in [-0.25, -0.2) is 0 Å². The molecule has 0 bridgehead atoms. The Morgan fingerprint density at radius 1 is 1.25 bits per heavy atom. The van der Waals surface area contributed by atoms with E-state index in [-0.39, 0.29) is 5.97 Å². The Bertz CT molecular complexity index is 352. The van der Waals surface area contributed by atoms with Crippen LogP contribution in [0.15, 0.2) is 24.3 Å². The normalized spacial score (nSPS) is 11.2. The summed E-state index contributed by atoms with van der Waals surface area (Å²) in [5.41, 5.74) is 2.20. The summed E-state index contributed by atoms with van der Waals surface area (Å²) in [6, 6.07) is 7.95. The first kappa shape index (κ1) is 13.7. The molecule has 0 unspecified atom stereocenters. The van der Waals surface area contributed by atoms with Crippen LogP contribution in [0.4, 0.5) is 0 Å². The summed E-state index contributed by atoms with van der Waals surface area (Å²) in [6.07, 6.45) is 0. The molecule has 0 saturated carbocycles. The molecule has 0 spiro atoms. The van der Waals surface area contributed by atoms with Gasteiger partial charge in [0.2, 0.25) is 0 Å². The molecular weight excluding hydrogens is 336 g/mol. The quantitative estimate of drug-likeness (QED) is 0.610. The minimum Gasteiger partial charge on any atom is -0.460 e. The van der Waals surface area contributed by atoms with Gasteiger partial charge in [0.1, 0.15) is 10.9 Å². The predicted molar refractivity (Wildman–Crippen MR) is 71.9 cm³/mol. The van der Waals surface area contributed by atoms with E-state index in [0.29, 0.717) is 6.61 Å². The van der Waals surface area contributed by atoms with Crippen molar-refractivity contribution in [1.29, 1.82) is 0 Å². The number of rotatable bonds is 4. The second-order valence-electron chi connectivity index (χ2n) is 4.00. The predicted octanol–water partition coefficient (Wildman–Crippen LogP) is 3.80. The molecular formula is C12H14Br2O2. The van der Waals surface area contributed by atoms with Crippen LogP contribution in [0, 0.1) is 0 Å². The Hall–Kier alpha value is -0.350. The van der Waals surface area contributed by atoms with Gasteiger partial charge in [-0.2, -0.15) is 0 Å². The average molecular weight is 350 g/mol. The van der Waals surface area contributed by atoms with Crippen molar-refractivity contribution in [3.8, 4) is 0 Å². The first-order valence-electron chi connectivity index (χ1n) is 4.93. The van der Waals surface area contributed by atoms with E-state index in [1.807, 2.05) is 24.3 Å². The van der Waals surface area contributed by atoms with E-state index in [4.69, 9.17) is 4.74 Å². The van der Waals surface area contributed by atoms with Crippen molar-refractivity contribution < 1.29 is 9.53 Å². The Morgan fingerprint density at radius 3 is 2.19 bits per heavy atom. The molecule has 4 heteroatoms. The summed E-state index contributed by atoms with van der Waals surface area (Å²) in [5, 5.41) is 0.835. The van der Waals surface area contributed by atoms with Crippen LogP contribution in [-0.4, -0.2) is 10.3 Å². The fourth-order valence-corrected chi connectivity index (χ4v) is 1.53. The van der Waals surface area contributed by atoms with Crippen molar-refractivity contribution in [2.75, 3.05) is 0 Å². The van der Waals surface area contributed by atoms with E-state index in [1.54, 1.807) is 13.8 Å². The van der Waals surface area contributed by atoms with Crippen LogP contribution in [0.25, 0.3) is 0 Å². The molecule has 0 N–H and O–H groups in total. The summed E-state index contributed by atoms with van der Waals surface area (Å²) < 4.78 is 4.55. The molecule has 0 fully saturated rings. The van der Waals surface area contributed by atoms with Gasteiger partial charge in [-0.1, -0.05) is 56.1 Å². The smallest absolute Gasteiger partial charge is 0.322 e. The lowest BCUT2D eigenvalue weighted by Gasteiger charge is -2.14. The summed E-state index contributed by atoms with van der Waals surface area (Å²) >= 11 is 6.64. The van der Waals surface area contributed by atoms with Gasteiger partial charge in [-0.3, -0.25) is 4.79 Å². The van der Waals surface area contributed by atoms with Gasteiger partial charge in [0, 0.05) is 5.33 Å². The van der Waals surface area contributed by atoms with Crippen molar-refractivity contribution in [2.45, 2.75) is 30.1 Å². The van der Waals surface area contributed by atoms with Crippen LogP contribution in [0.1, 0.15) is 25.0 Å². The number of hydrogen-bond acceptors (Lipinski definition) is 2. The van der Waals surface area contributed by atoms with Crippen LogP contribution in [0.2, 0.25) is 0 Å². The number of ether oxygens (including phenoxy) is 1. The number of halogens is 2. The van der Waals surface area contributed by atoms with Crippen LogP contribution in [0.5, 0.6) is 0 Å². The highest BCUT2D eigenvalue weighted by molar-refractivity contribution is 9.10. The molecule has 16 heavy (non-hydrogen) atoms. The Morgan fingerprint density at radius 2 is 1.75 bits per heavy atom. The molecule has 88 valence electrons. The maximum Gasteiger partial charge on any atom is 0.322 e. The highest BCUT2D eigenvalue weighted by atomic mass is 79.9. The van der Waals surface area contributed by atoms with Gasteiger partial charge in [0.15, 0.2) is 0 Å². The minimum absolute atomic E-state index is 0.253. The molecule has 0 radical (unpaired) electrons. The Labute approximate surface area is 113 Å². The molecule has 1 rings (SSSR count). The second-order valence-corrected chi connectivity index (χ2v) is 6.54. The molecule has 0 aliphatic carbocycles. The number of alkyl halides is 2. The maximum atomic E-state index is 11.5. The third-order valence-corrected chi connectivity index (χ3v) is 3.00. The average Bonchev–Trinajstić information content (AvgIpc) is 2.25. The van der Waals surface area contributed by atoms with E-state index in [1.165, 1.54) is 5.56 Å². The van der Waals surface area contributed by atoms with Crippen molar-refractivity contribution >= 4 is 37.8 Å². The molecule has 0 aromatic heterocycles. The summed E-state index contributed by atoms with van der Waals surface area (Å²) in [6.45, 7) is 3.85. The summed E-state index contributed by atoms with van der Waals surface area (Å²) in [5.74, 6) is -0.253. The number of esters is 1. The highest BCUT2D eigenvalue weighted by Gasteiger charge is 2.25. The molecule has 0 aliphatic heterocycles. The lowest BCUT2D eigenvalue weighted by molar-refractivity contribution is -0.146. The highest BCUT2D eigenvalue weighted by Crippen LogP contribution is 2.18. The largest absolute Gasteiger partial charge is 0.460 e. The van der Waals surface area contributed by atoms with E-state index in [0.717, 1.165) is 10.9 Å². The van der Waals surface area contributed by atoms with Gasteiger partial charge in [0.25, 0.3) is 0 Å². The molecule has 0 heterocycles. The maximum absolute atomic E-state index is 11.5. The fraction of sp³-hybridized carbons (Fsp3) is 0.417. The van der Waals surface area contributed by atoms with Crippen LogP contribution in [-0.2, 0) is 21.5 Å². The number of carbonyl (C=O) groups excluding carboxylic acids is 1. The van der Waals surface area contributed by atoms with Crippen LogP contribution in [0.3, 0.4) is 0 Å². The van der Waals surface area contributed by atoms with Gasteiger partial charge >= 0.3 is 5.97 Å². The van der Waals surface area contributed by atoms with Crippen LogP contribution < -0.4 is 0 Å². The SMILES string of the molecule is CC(C)(Br)C(=O)OCc1ccc(CBr)cc1. The van der Waals surface area contributed by atoms with Crippen molar-refractivity contribution in [3.63, 3.8) is 0 Å².